The van der Waals surface area contributed by atoms with Crippen LogP contribution in [-0.2, 0) is 0 Å². The van der Waals surface area contributed by atoms with Crippen molar-refractivity contribution >= 4 is 0 Å². The molecule has 0 spiro atoms. The maximum Gasteiger partial charge on any atom is 0.222 e. The van der Waals surface area contributed by atoms with Crippen LogP contribution in [0.3, 0.4) is 0 Å². The first-order valence-corrected chi connectivity index (χ1v) is 7.11. The molecule has 0 N–H and O–H groups in total. The molecule has 1 heterocycles. The van der Waals surface area contributed by atoms with Gasteiger partial charge in [-0.2, -0.15) is 0 Å². The van der Waals surface area contributed by atoms with E-state index in [1.165, 1.54) is 6.33 Å². The summed E-state index contributed by atoms with van der Waals surface area (Å²) in [5.74, 6) is 3.14. The first kappa shape index (κ1) is 14.8. The average molecular weight is 308 g/mol. The van der Waals surface area contributed by atoms with Crippen molar-refractivity contribution in [2.24, 2.45) is 0 Å². The summed E-state index contributed by atoms with van der Waals surface area (Å²) in [5.41, 5.74) is 1.01. The van der Waals surface area contributed by atoms with E-state index < -0.39 is 0 Å². The van der Waals surface area contributed by atoms with Gasteiger partial charge < -0.3 is 14.2 Å². The van der Waals surface area contributed by atoms with Gasteiger partial charge in [0.2, 0.25) is 5.88 Å². The van der Waals surface area contributed by atoms with Gasteiger partial charge in [-0.25, -0.2) is 9.97 Å². The molecule has 23 heavy (non-hydrogen) atoms. The number of rotatable bonds is 5. The van der Waals surface area contributed by atoms with Gasteiger partial charge in [-0.1, -0.05) is 18.2 Å². The van der Waals surface area contributed by atoms with Gasteiger partial charge in [0.15, 0.2) is 11.5 Å². The number of para-hydroxylation sites is 1. The van der Waals surface area contributed by atoms with Crippen LogP contribution >= 0.6 is 0 Å². The standard InChI is InChI=1S/C18H16N2O3/c1-13-5-3-8-16(18(13)21-2)22-14-6-4-7-15(11-14)23-17-9-10-19-12-20-17/h3-12H,1-2H3. The molecule has 0 radical (unpaired) electrons. The minimum Gasteiger partial charge on any atom is -0.493 e. The second-order valence-electron chi connectivity index (χ2n) is 4.83. The zero-order chi connectivity index (χ0) is 16.1. The highest BCUT2D eigenvalue weighted by Crippen LogP contribution is 2.35. The molecule has 5 nitrogen and oxygen atoms in total. The number of ether oxygens (including phenoxy) is 3. The number of nitrogens with zero attached hydrogens (tertiary/aromatic N) is 2. The molecule has 3 aromatic rings. The van der Waals surface area contributed by atoms with Crippen LogP contribution in [0.2, 0.25) is 0 Å². The maximum absolute atomic E-state index is 5.92. The molecule has 0 aliphatic rings. The van der Waals surface area contributed by atoms with E-state index in [2.05, 4.69) is 9.97 Å². The van der Waals surface area contributed by atoms with Gasteiger partial charge in [0.25, 0.3) is 0 Å². The summed E-state index contributed by atoms with van der Waals surface area (Å²) in [6.07, 6.45) is 3.06. The summed E-state index contributed by atoms with van der Waals surface area (Å²) in [5, 5.41) is 0. The lowest BCUT2D eigenvalue weighted by Gasteiger charge is -2.13. The minimum atomic E-state index is 0.477. The Morgan fingerprint density at radius 3 is 2.43 bits per heavy atom. The largest absolute Gasteiger partial charge is 0.493 e. The molecule has 0 aliphatic heterocycles. The van der Waals surface area contributed by atoms with Crippen LogP contribution in [0.1, 0.15) is 5.56 Å². The molecular formula is C18H16N2O3. The highest BCUT2D eigenvalue weighted by molar-refractivity contribution is 5.48. The highest BCUT2D eigenvalue weighted by atomic mass is 16.5. The lowest BCUT2D eigenvalue weighted by molar-refractivity contribution is 0.375. The van der Waals surface area contributed by atoms with Crippen molar-refractivity contribution in [2.75, 3.05) is 7.11 Å². The fraction of sp³-hybridized carbons (Fsp3) is 0.111. The Labute approximate surface area is 134 Å². The van der Waals surface area contributed by atoms with E-state index in [4.69, 9.17) is 14.2 Å². The quantitative estimate of drug-likeness (QED) is 0.700. The van der Waals surface area contributed by atoms with Crippen molar-refractivity contribution in [1.29, 1.82) is 0 Å². The fourth-order valence-corrected chi connectivity index (χ4v) is 2.16. The maximum atomic E-state index is 5.92. The first-order valence-electron chi connectivity index (χ1n) is 7.11. The Morgan fingerprint density at radius 2 is 1.70 bits per heavy atom. The Bertz CT molecular complexity index is 791. The van der Waals surface area contributed by atoms with Crippen LogP contribution in [0.25, 0.3) is 0 Å². The molecule has 0 bridgehead atoms. The molecule has 0 atom stereocenters. The number of aromatic nitrogens is 2. The Morgan fingerprint density at radius 1 is 0.913 bits per heavy atom. The first-order chi connectivity index (χ1) is 11.3. The molecule has 2 aromatic carbocycles. The SMILES string of the molecule is COc1c(C)cccc1Oc1cccc(Oc2ccncn2)c1. The predicted octanol–water partition coefficient (Wildman–Crippen LogP) is 4.38. The summed E-state index contributed by atoms with van der Waals surface area (Å²) < 4.78 is 17.0. The molecule has 1 aromatic heterocycles. The second kappa shape index (κ2) is 6.79. The van der Waals surface area contributed by atoms with Gasteiger partial charge in [0.05, 0.1) is 7.11 Å². The summed E-state index contributed by atoms with van der Waals surface area (Å²) in [7, 11) is 1.63. The molecule has 0 aliphatic carbocycles. The van der Waals surface area contributed by atoms with Crippen LogP contribution in [-0.4, -0.2) is 17.1 Å². The van der Waals surface area contributed by atoms with E-state index in [9.17, 15) is 0 Å². The summed E-state index contributed by atoms with van der Waals surface area (Å²) in [6, 6.07) is 14.8. The van der Waals surface area contributed by atoms with E-state index in [1.807, 2.05) is 43.3 Å². The summed E-state index contributed by atoms with van der Waals surface area (Å²) in [4.78, 5) is 7.89. The summed E-state index contributed by atoms with van der Waals surface area (Å²) in [6.45, 7) is 1.97. The van der Waals surface area contributed by atoms with Crippen molar-refractivity contribution in [3.63, 3.8) is 0 Å². The van der Waals surface area contributed by atoms with Crippen LogP contribution in [0, 0.1) is 6.92 Å². The lowest BCUT2D eigenvalue weighted by atomic mass is 10.2. The third kappa shape index (κ3) is 3.58. The van der Waals surface area contributed by atoms with Crippen molar-refractivity contribution in [2.45, 2.75) is 6.92 Å². The van der Waals surface area contributed by atoms with Gasteiger partial charge in [-0.3, -0.25) is 0 Å². The van der Waals surface area contributed by atoms with Crippen molar-refractivity contribution < 1.29 is 14.2 Å². The van der Waals surface area contributed by atoms with Gasteiger partial charge in [0.1, 0.15) is 17.8 Å². The van der Waals surface area contributed by atoms with E-state index in [1.54, 1.807) is 25.4 Å². The van der Waals surface area contributed by atoms with Gasteiger partial charge in [-0.15, -0.1) is 0 Å². The zero-order valence-electron chi connectivity index (χ0n) is 12.9. The van der Waals surface area contributed by atoms with Crippen LogP contribution in [0.5, 0.6) is 28.9 Å². The molecule has 0 saturated heterocycles. The molecule has 0 fully saturated rings. The molecule has 3 rings (SSSR count). The van der Waals surface area contributed by atoms with Gasteiger partial charge >= 0.3 is 0 Å². The normalized spacial score (nSPS) is 10.2. The monoisotopic (exact) mass is 308 g/mol. The van der Waals surface area contributed by atoms with E-state index in [-0.39, 0.29) is 0 Å². The van der Waals surface area contributed by atoms with Crippen molar-refractivity contribution in [3.05, 3.63) is 66.6 Å². The highest BCUT2D eigenvalue weighted by Gasteiger charge is 2.09. The molecule has 116 valence electrons. The number of hydrogen-bond donors (Lipinski definition) is 0. The molecule has 5 heteroatoms. The molecule has 0 saturated carbocycles. The lowest BCUT2D eigenvalue weighted by Crippen LogP contribution is -1.93. The molecule has 0 unspecified atom stereocenters. The van der Waals surface area contributed by atoms with Crippen LogP contribution in [0.15, 0.2) is 61.1 Å². The zero-order valence-corrected chi connectivity index (χ0v) is 12.9. The second-order valence-corrected chi connectivity index (χ2v) is 4.83. The third-order valence-electron chi connectivity index (χ3n) is 3.19. The average Bonchev–Trinajstić information content (AvgIpc) is 2.56. The number of methoxy groups -OCH3 is 1. The Hall–Kier alpha value is -3.08. The van der Waals surface area contributed by atoms with E-state index >= 15 is 0 Å². The number of benzene rings is 2. The molecular weight excluding hydrogens is 292 g/mol. The Balaban J connectivity index is 1.82. The Kier molecular flexibility index (Phi) is 4.38. The van der Waals surface area contributed by atoms with Gasteiger partial charge in [0, 0.05) is 18.3 Å². The van der Waals surface area contributed by atoms with Crippen molar-refractivity contribution in [3.8, 4) is 28.9 Å². The molecule has 0 amide bonds. The van der Waals surface area contributed by atoms with Gasteiger partial charge in [-0.05, 0) is 30.7 Å². The van der Waals surface area contributed by atoms with Crippen LogP contribution in [0.4, 0.5) is 0 Å². The number of aryl methyl sites for hydroxylation is 1. The third-order valence-corrected chi connectivity index (χ3v) is 3.19. The fourth-order valence-electron chi connectivity index (χ4n) is 2.16. The van der Waals surface area contributed by atoms with Crippen LogP contribution < -0.4 is 14.2 Å². The topological polar surface area (TPSA) is 53.5 Å². The number of hydrogen-bond acceptors (Lipinski definition) is 5. The predicted molar refractivity (Wildman–Crippen MR) is 86.4 cm³/mol. The smallest absolute Gasteiger partial charge is 0.222 e. The van der Waals surface area contributed by atoms with E-state index in [0.717, 1.165) is 11.3 Å². The summed E-state index contributed by atoms with van der Waals surface area (Å²) >= 11 is 0. The minimum absolute atomic E-state index is 0.477. The van der Waals surface area contributed by atoms with Crippen molar-refractivity contribution in [1.82, 2.24) is 9.97 Å². The van der Waals surface area contributed by atoms with E-state index in [0.29, 0.717) is 23.1 Å².